The van der Waals surface area contributed by atoms with Gasteiger partial charge in [-0.05, 0) is 104 Å². The van der Waals surface area contributed by atoms with E-state index in [1.165, 1.54) is 61.2 Å². The van der Waals surface area contributed by atoms with Crippen molar-refractivity contribution in [2.75, 3.05) is 0 Å². The van der Waals surface area contributed by atoms with Crippen molar-refractivity contribution in [1.82, 2.24) is 9.97 Å². The zero-order chi connectivity index (χ0) is 36.3. The molecular weight excluding hydrogens is 665 g/mol. The molecule has 0 saturated carbocycles. The maximum atomic E-state index is 5.11. The molecule has 3 aliphatic rings. The van der Waals surface area contributed by atoms with Gasteiger partial charge in [0, 0.05) is 16.7 Å². The molecule has 2 nitrogen and oxygen atoms in total. The van der Waals surface area contributed by atoms with Gasteiger partial charge in [0.25, 0.3) is 0 Å². The SMILES string of the molecule is C1=C2C(=CCC1)C1(c3ccccc32)c2ccccc2-c2ccc(-c3cccc(-c4cccc(-c5cc(-c6ccccc6)nc(-c6ccccc6)n5)c4)c3)cc21. The van der Waals surface area contributed by atoms with Crippen LogP contribution in [0.2, 0.25) is 0 Å². The first-order valence-corrected chi connectivity index (χ1v) is 19.2. The number of rotatable bonds is 5. The van der Waals surface area contributed by atoms with Gasteiger partial charge < -0.3 is 0 Å². The Hall–Kier alpha value is -6.90. The van der Waals surface area contributed by atoms with Crippen molar-refractivity contribution in [3.8, 4) is 67.3 Å². The lowest BCUT2D eigenvalue weighted by Gasteiger charge is -2.32. The van der Waals surface area contributed by atoms with E-state index in [-0.39, 0.29) is 5.41 Å². The lowest BCUT2D eigenvalue weighted by atomic mass is 9.69. The molecule has 0 N–H and O–H groups in total. The summed E-state index contributed by atoms with van der Waals surface area (Å²) in [4.78, 5) is 10.1. The second kappa shape index (κ2) is 12.6. The van der Waals surface area contributed by atoms with Crippen molar-refractivity contribution in [2.45, 2.75) is 18.3 Å². The summed E-state index contributed by atoms with van der Waals surface area (Å²) in [6, 6.07) is 65.8. The third-order valence-corrected chi connectivity index (χ3v) is 11.7. The van der Waals surface area contributed by atoms with Crippen LogP contribution in [-0.4, -0.2) is 9.97 Å². The summed E-state index contributed by atoms with van der Waals surface area (Å²) in [5.41, 5.74) is 20.5. The molecule has 3 aliphatic carbocycles. The molecule has 1 heterocycles. The van der Waals surface area contributed by atoms with Crippen LogP contribution in [0.1, 0.15) is 35.1 Å². The Morgan fingerprint density at radius 2 is 0.855 bits per heavy atom. The molecule has 8 aromatic rings. The molecule has 0 radical (unpaired) electrons. The van der Waals surface area contributed by atoms with Crippen LogP contribution in [0.15, 0.2) is 200 Å². The summed E-state index contributed by atoms with van der Waals surface area (Å²) in [6.45, 7) is 0. The number of hydrogen-bond acceptors (Lipinski definition) is 2. The molecule has 0 fully saturated rings. The van der Waals surface area contributed by atoms with Crippen molar-refractivity contribution in [3.63, 3.8) is 0 Å². The highest BCUT2D eigenvalue weighted by molar-refractivity contribution is 6.01. The Balaban J connectivity index is 1.02. The van der Waals surface area contributed by atoms with Gasteiger partial charge in [-0.1, -0.05) is 170 Å². The van der Waals surface area contributed by atoms with Gasteiger partial charge in [0.05, 0.1) is 16.8 Å². The minimum Gasteiger partial charge on any atom is -0.228 e. The van der Waals surface area contributed by atoms with Crippen LogP contribution in [-0.2, 0) is 5.41 Å². The summed E-state index contributed by atoms with van der Waals surface area (Å²) in [6.07, 6.45) is 7.15. The van der Waals surface area contributed by atoms with Gasteiger partial charge in [-0.2, -0.15) is 0 Å². The maximum absolute atomic E-state index is 5.11. The molecule has 7 aromatic carbocycles. The van der Waals surface area contributed by atoms with Gasteiger partial charge in [-0.15, -0.1) is 0 Å². The van der Waals surface area contributed by atoms with E-state index >= 15 is 0 Å². The van der Waals surface area contributed by atoms with Gasteiger partial charge in [0.15, 0.2) is 5.82 Å². The lowest BCUT2D eigenvalue weighted by Crippen LogP contribution is -2.26. The summed E-state index contributed by atoms with van der Waals surface area (Å²) in [5.74, 6) is 0.720. The van der Waals surface area contributed by atoms with E-state index in [4.69, 9.17) is 9.97 Å². The fraction of sp³-hybridized carbons (Fsp3) is 0.0566. The topological polar surface area (TPSA) is 25.8 Å². The highest BCUT2D eigenvalue weighted by Gasteiger charge is 2.53. The molecule has 1 unspecified atom stereocenters. The Labute approximate surface area is 321 Å². The number of nitrogens with zero attached hydrogens (tertiary/aromatic N) is 2. The van der Waals surface area contributed by atoms with Gasteiger partial charge in [-0.3, -0.25) is 0 Å². The van der Waals surface area contributed by atoms with E-state index in [0.717, 1.165) is 52.3 Å². The maximum Gasteiger partial charge on any atom is 0.160 e. The van der Waals surface area contributed by atoms with Crippen molar-refractivity contribution in [2.24, 2.45) is 0 Å². The standard InChI is InChI=1S/C53H36N2/c1-3-15-35(16-4-1)50-34-51(55-52(54-50)36-17-5-2-6-18-36)41-22-14-21-39(32-41)37-19-13-20-38(31-37)40-29-30-45-44-25-9-12-28-48(44)53(49(45)33-40)46-26-10-7-23-42(46)43-24-8-11-27-47(43)53/h1-7,9-10,12-34H,8,11H2. The van der Waals surface area contributed by atoms with E-state index in [9.17, 15) is 0 Å². The summed E-state index contributed by atoms with van der Waals surface area (Å²) >= 11 is 0. The largest absolute Gasteiger partial charge is 0.228 e. The van der Waals surface area contributed by atoms with Gasteiger partial charge in [-0.25, -0.2) is 9.97 Å². The molecule has 55 heavy (non-hydrogen) atoms. The molecule has 0 amide bonds. The average Bonchev–Trinajstić information content (AvgIpc) is 3.74. The van der Waals surface area contributed by atoms with Crippen LogP contribution in [0, 0.1) is 0 Å². The Morgan fingerprint density at radius 1 is 0.345 bits per heavy atom. The van der Waals surface area contributed by atoms with Crippen LogP contribution in [0.25, 0.3) is 72.9 Å². The minimum absolute atomic E-state index is 0.314. The number of fused-ring (bicyclic) bond motifs is 10. The number of aromatic nitrogens is 2. The average molecular weight is 701 g/mol. The number of allylic oxidation sites excluding steroid dienone is 4. The number of benzene rings is 7. The zero-order valence-corrected chi connectivity index (χ0v) is 30.3. The predicted octanol–water partition coefficient (Wildman–Crippen LogP) is 13.2. The molecule has 11 rings (SSSR count). The summed E-state index contributed by atoms with van der Waals surface area (Å²) in [5, 5.41) is 0. The molecule has 0 saturated heterocycles. The van der Waals surface area contributed by atoms with E-state index in [1.54, 1.807) is 0 Å². The molecule has 0 aliphatic heterocycles. The third-order valence-electron chi connectivity index (χ3n) is 11.7. The van der Waals surface area contributed by atoms with E-state index < -0.39 is 0 Å². The normalized spacial score (nSPS) is 16.1. The fourth-order valence-corrected chi connectivity index (χ4v) is 9.32. The Morgan fingerprint density at radius 3 is 1.58 bits per heavy atom. The van der Waals surface area contributed by atoms with Crippen LogP contribution < -0.4 is 0 Å². The smallest absolute Gasteiger partial charge is 0.160 e. The highest BCUT2D eigenvalue weighted by atomic mass is 14.9. The van der Waals surface area contributed by atoms with Crippen molar-refractivity contribution < 1.29 is 0 Å². The minimum atomic E-state index is -0.314. The van der Waals surface area contributed by atoms with E-state index in [0.29, 0.717) is 0 Å². The van der Waals surface area contributed by atoms with Crippen LogP contribution in [0.5, 0.6) is 0 Å². The van der Waals surface area contributed by atoms with Crippen LogP contribution in [0.4, 0.5) is 0 Å². The molecular formula is C53H36N2. The molecule has 2 heteroatoms. The first-order valence-electron chi connectivity index (χ1n) is 19.2. The summed E-state index contributed by atoms with van der Waals surface area (Å²) in [7, 11) is 0. The highest BCUT2D eigenvalue weighted by Crippen LogP contribution is 2.64. The van der Waals surface area contributed by atoms with Crippen LogP contribution in [0.3, 0.4) is 0 Å². The Kier molecular flexibility index (Phi) is 7.25. The quantitative estimate of drug-likeness (QED) is 0.179. The van der Waals surface area contributed by atoms with Gasteiger partial charge in [0.2, 0.25) is 0 Å². The van der Waals surface area contributed by atoms with E-state index in [2.05, 4.69) is 170 Å². The first-order chi connectivity index (χ1) is 27.3. The zero-order valence-electron chi connectivity index (χ0n) is 30.3. The van der Waals surface area contributed by atoms with Gasteiger partial charge >= 0.3 is 0 Å². The fourth-order valence-electron chi connectivity index (χ4n) is 9.32. The Bertz CT molecular complexity index is 2810. The monoisotopic (exact) mass is 700 g/mol. The predicted molar refractivity (Wildman–Crippen MR) is 226 cm³/mol. The molecule has 1 atom stereocenters. The third kappa shape index (κ3) is 4.95. The van der Waals surface area contributed by atoms with Gasteiger partial charge in [0.1, 0.15) is 0 Å². The lowest BCUT2D eigenvalue weighted by molar-refractivity contribution is 0.782. The van der Waals surface area contributed by atoms with Crippen molar-refractivity contribution in [3.05, 3.63) is 222 Å². The second-order valence-electron chi connectivity index (χ2n) is 14.8. The van der Waals surface area contributed by atoms with Crippen molar-refractivity contribution >= 4 is 5.57 Å². The summed E-state index contributed by atoms with van der Waals surface area (Å²) < 4.78 is 0. The van der Waals surface area contributed by atoms with E-state index in [1.807, 2.05) is 24.3 Å². The second-order valence-corrected chi connectivity index (χ2v) is 14.8. The molecule has 1 aromatic heterocycles. The molecule has 1 spiro atoms. The molecule has 0 bridgehead atoms. The van der Waals surface area contributed by atoms with Crippen molar-refractivity contribution in [1.29, 1.82) is 0 Å². The molecule has 258 valence electrons. The van der Waals surface area contributed by atoms with Crippen LogP contribution >= 0.6 is 0 Å². The first kappa shape index (κ1) is 31.6. The number of hydrogen-bond donors (Lipinski definition) is 0.